The molecule has 0 bridgehead atoms. The molecule has 1 N–H and O–H groups in total. The van der Waals surface area contributed by atoms with Crippen LogP contribution in [0.4, 0.5) is 0 Å². The van der Waals surface area contributed by atoms with Gasteiger partial charge in [0.05, 0.1) is 5.71 Å². The molecular weight excluding hydrogens is 398 g/mol. The van der Waals surface area contributed by atoms with Crippen molar-refractivity contribution in [2.45, 2.75) is 39.3 Å². The monoisotopic (exact) mass is 421 g/mol. The highest BCUT2D eigenvalue weighted by Crippen LogP contribution is 2.37. The van der Waals surface area contributed by atoms with Crippen molar-refractivity contribution in [3.8, 4) is 5.00 Å². The number of hydrogen-bond acceptors (Lipinski definition) is 6. The molecule has 2 aliphatic rings. The highest BCUT2D eigenvalue weighted by molar-refractivity contribution is 7.15. The van der Waals surface area contributed by atoms with Crippen molar-refractivity contribution in [2.24, 2.45) is 4.99 Å². The lowest BCUT2D eigenvalue weighted by molar-refractivity contribution is 0.0712. The predicted octanol–water partition coefficient (Wildman–Crippen LogP) is 3.41. The molecule has 1 fully saturated rings. The van der Waals surface area contributed by atoms with Crippen molar-refractivity contribution in [1.82, 2.24) is 19.7 Å². The van der Waals surface area contributed by atoms with E-state index in [0.717, 1.165) is 64.6 Å². The molecule has 0 radical (unpaired) electrons. The van der Waals surface area contributed by atoms with Gasteiger partial charge in [0.15, 0.2) is 5.82 Å². The number of thiophene rings is 1. The maximum atomic E-state index is 13.0. The van der Waals surface area contributed by atoms with E-state index in [2.05, 4.69) is 28.9 Å². The molecule has 4 heterocycles. The van der Waals surface area contributed by atoms with Crippen LogP contribution in [0, 0.1) is 13.8 Å². The Balaban J connectivity index is 1.64. The van der Waals surface area contributed by atoms with E-state index >= 15 is 0 Å². The molecule has 5 rings (SSSR count). The van der Waals surface area contributed by atoms with E-state index in [1.807, 2.05) is 30.3 Å². The number of carbonyl (C=O) groups excluding carboxylic acids is 1. The number of nitrogens with zero attached hydrogens (tertiary/aromatic N) is 5. The van der Waals surface area contributed by atoms with Gasteiger partial charge in [-0.1, -0.05) is 30.3 Å². The first-order chi connectivity index (χ1) is 14.5. The van der Waals surface area contributed by atoms with Gasteiger partial charge in [-0.25, -0.2) is 14.7 Å². The predicted molar refractivity (Wildman–Crippen MR) is 116 cm³/mol. The van der Waals surface area contributed by atoms with Crippen LogP contribution in [-0.2, 0) is 0 Å². The van der Waals surface area contributed by atoms with E-state index in [9.17, 15) is 9.90 Å². The van der Waals surface area contributed by atoms with E-state index in [-0.39, 0.29) is 17.6 Å². The van der Waals surface area contributed by atoms with Gasteiger partial charge in [0.1, 0.15) is 5.00 Å². The summed E-state index contributed by atoms with van der Waals surface area (Å²) in [5.74, 6) is 0.226. The number of aromatic nitrogens is 3. The summed E-state index contributed by atoms with van der Waals surface area (Å²) in [6.07, 6.45) is 1.94. The van der Waals surface area contributed by atoms with Crippen molar-refractivity contribution < 1.29 is 9.90 Å². The summed E-state index contributed by atoms with van der Waals surface area (Å²) in [4.78, 5) is 25.0. The normalized spacial score (nSPS) is 18.4. The number of rotatable bonds is 2. The van der Waals surface area contributed by atoms with Crippen molar-refractivity contribution in [3.05, 3.63) is 63.5 Å². The molecule has 1 saturated heterocycles. The van der Waals surface area contributed by atoms with Crippen molar-refractivity contribution >= 4 is 23.0 Å². The molecule has 1 unspecified atom stereocenters. The Hall–Kier alpha value is -2.84. The van der Waals surface area contributed by atoms with Crippen LogP contribution in [0.15, 0.2) is 35.3 Å². The lowest BCUT2D eigenvalue weighted by atomic mass is 10.00. The maximum absolute atomic E-state index is 13.0. The number of amides is 1. The number of fused-ring (bicyclic) bond motifs is 3. The lowest BCUT2D eigenvalue weighted by Crippen LogP contribution is -2.36. The molecule has 0 aliphatic carbocycles. The third-order valence-electron chi connectivity index (χ3n) is 5.79. The summed E-state index contributed by atoms with van der Waals surface area (Å²) in [7, 11) is 0. The van der Waals surface area contributed by atoms with Gasteiger partial charge in [-0.15, -0.1) is 16.4 Å². The third kappa shape index (κ3) is 3.07. The van der Waals surface area contributed by atoms with E-state index in [4.69, 9.17) is 0 Å². The molecule has 154 valence electrons. The van der Waals surface area contributed by atoms with Gasteiger partial charge in [0, 0.05) is 29.1 Å². The van der Waals surface area contributed by atoms with Gasteiger partial charge in [-0.3, -0.25) is 4.79 Å². The highest BCUT2D eigenvalue weighted by Gasteiger charge is 2.32. The third-order valence-corrected chi connectivity index (χ3v) is 6.97. The van der Waals surface area contributed by atoms with E-state index in [1.165, 1.54) is 0 Å². The van der Waals surface area contributed by atoms with Crippen LogP contribution in [0.3, 0.4) is 0 Å². The molecule has 2 aliphatic heterocycles. The van der Waals surface area contributed by atoms with Crippen LogP contribution in [0.2, 0.25) is 0 Å². The van der Waals surface area contributed by atoms with Crippen molar-refractivity contribution in [3.63, 3.8) is 0 Å². The average Bonchev–Trinajstić information content (AvgIpc) is 3.32. The minimum atomic E-state index is -1.20. The second kappa shape index (κ2) is 7.45. The second-order valence-electron chi connectivity index (χ2n) is 7.74. The second-order valence-corrected chi connectivity index (χ2v) is 8.94. The summed E-state index contributed by atoms with van der Waals surface area (Å²) in [6.45, 7) is 5.56. The topological polar surface area (TPSA) is 83.6 Å². The highest BCUT2D eigenvalue weighted by atomic mass is 32.1. The van der Waals surface area contributed by atoms with Gasteiger partial charge in [-0.2, -0.15) is 0 Å². The fourth-order valence-corrected chi connectivity index (χ4v) is 5.18. The summed E-state index contributed by atoms with van der Waals surface area (Å²) in [5, 5.41) is 16.3. The van der Waals surface area contributed by atoms with E-state index in [0.29, 0.717) is 0 Å². The first kappa shape index (κ1) is 19.1. The number of piperidine rings is 1. The minimum Gasteiger partial charge on any atom is -0.365 e. The molecule has 3 aromatic rings. The minimum absolute atomic E-state index is 0.124. The number of aliphatic imine (C=N–C) groups is 1. The van der Waals surface area contributed by atoms with Gasteiger partial charge < -0.3 is 10.0 Å². The Morgan fingerprint density at radius 3 is 2.60 bits per heavy atom. The number of likely N-dealkylation sites (tertiary alicyclic amines) is 1. The van der Waals surface area contributed by atoms with Crippen LogP contribution in [0.5, 0.6) is 0 Å². The van der Waals surface area contributed by atoms with Gasteiger partial charge in [-0.05, 0) is 38.7 Å². The van der Waals surface area contributed by atoms with Crippen LogP contribution < -0.4 is 0 Å². The molecule has 30 heavy (non-hydrogen) atoms. The largest absolute Gasteiger partial charge is 0.365 e. The molecule has 1 amide bonds. The summed E-state index contributed by atoms with van der Waals surface area (Å²) in [5.41, 5.74) is 3.67. The number of carbonyl (C=O) groups is 1. The number of hydrogen-bond donors (Lipinski definition) is 1. The Labute approximate surface area is 178 Å². The van der Waals surface area contributed by atoms with Gasteiger partial charge in [0.2, 0.25) is 12.1 Å². The molecule has 0 saturated carbocycles. The van der Waals surface area contributed by atoms with Gasteiger partial charge in [0.25, 0.3) is 5.91 Å². The molecular formula is C22H23N5O2S. The number of aliphatic hydroxyl groups excluding tert-OH is 1. The Morgan fingerprint density at radius 2 is 1.87 bits per heavy atom. The number of benzene rings is 1. The quantitative estimate of drug-likeness (QED) is 0.687. The molecule has 7 nitrogen and oxygen atoms in total. The van der Waals surface area contributed by atoms with Crippen LogP contribution >= 0.6 is 11.3 Å². The fraction of sp³-hybridized carbons (Fsp3) is 0.364. The van der Waals surface area contributed by atoms with Crippen molar-refractivity contribution in [2.75, 3.05) is 13.1 Å². The molecule has 0 spiro atoms. The zero-order valence-electron chi connectivity index (χ0n) is 17.0. The van der Waals surface area contributed by atoms with Crippen LogP contribution in [0.1, 0.15) is 63.5 Å². The molecule has 8 heteroatoms. The van der Waals surface area contributed by atoms with Crippen LogP contribution in [0.25, 0.3) is 5.00 Å². The van der Waals surface area contributed by atoms with E-state index < -0.39 is 6.23 Å². The Bertz CT molecular complexity index is 1140. The lowest BCUT2D eigenvalue weighted by Gasteiger charge is -2.25. The first-order valence-corrected chi connectivity index (χ1v) is 11.0. The first-order valence-electron chi connectivity index (χ1n) is 10.2. The summed E-state index contributed by atoms with van der Waals surface area (Å²) >= 11 is 1.58. The Kier molecular flexibility index (Phi) is 4.75. The smallest absolute Gasteiger partial charge is 0.293 e. The van der Waals surface area contributed by atoms with Gasteiger partial charge >= 0.3 is 0 Å². The average molecular weight is 422 g/mol. The zero-order valence-corrected chi connectivity index (χ0v) is 17.8. The number of aryl methyl sites for hydroxylation is 1. The van der Waals surface area contributed by atoms with Crippen LogP contribution in [-0.4, -0.2) is 49.5 Å². The zero-order chi connectivity index (χ0) is 20.8. The number of aliphatic hydroxyl groups is 1. The van der Waals surface area contributed by atoms with E-state index in [1.54, 1.807) is 20.9 Å². The molecule has 1 aromatic carbocycles. The Morgan fingerprint density at radius 1 is 1.13 bits per heavy atom. The molecule has 1 atom stereocenters. The fourth-order valence-electron chi connectivity index (χ4n) is 4.07. The maximum Gasteiger partial charge on any atom is 0.293 e. The summed E-state index contributed by atoms with van der Waals surface area (Å²) in [6, 6.07) is 9.82. The molecule has 2 aromatic heterocycles. The standard InChI is InChI=1S/C22H23N5O2S/c1-13-14(2)30-22-16(13)17(15-9-5-3-6-10-15)23-20(28)19-24-18(25-27(19)22)21(29)26-11-7-4-8-12-26/h3,5-6,9-10,20,28H,4,7-8,11-12H2,1-2H3. The van der Waals surface area contributed by atoms with Crippen molar-refractivity contribution in [1.29, 1.82) is 0 Å². The summed E-state index contributed by atoms with van der Waals surface area (Å²) < 4.78 is 1.61. The SMILES string of the molecule is Cc1sc2c(c1C)C(c1ccccc1)=NC(O)c1nc(C(=O)N3CCCCC3)nn1-2.